The van der Waals surface area contributed by atoms with E-state index >= 15 is 0 Å². The van der Waals surface area contributed by atoms with Crippen molar-refractivity contribution in [3.63, 3.8) is 0 Å². The van der Waals surface area contributed by atoms with Crippen LogP contribution in [0.25, 0.3) is 0 Å². The summed E-state index contributed by atoms with van der Waals surface area (Å²) in [6, 6.07) is 3.91. The largest absolute Gasteiger partial charge is 0.468 e. The summed E-state index contributed by atoms with van der Waals surface area (Å²) in [4.78, 5) is 17.2. The van der Waals surface area contributed by atoms with Crippen molar-refractivity contribution in [2.24, 2.45) is 7.05 Å². The summed E-state index contributed by atoms with van der Waals surface area (Å²) in [5.41, 5.74) is 3.10. The van der Waals surface area contributed by atoms with Crippen LogP contribution in [0.15, 0.2) is 22.8 Å². The number of rotatable bonds is 4. The maximum atomic E-state index is 12.9. The van der Waals surface area contributed by atoms with Gasteiger partial charge in [0.2, 0.25) is 5.91 Å². The van der Waals surface area contributed by atoms with E-state index in [4.69, 9.17) is 4.42 Å². The molecule has 1 aliphatic heterocycles. The molecule has 2 aromatic heterocycles. The van der Waals surface area contributed by atoms with Crippen molar-refractivity contribution < 1.29 is 9.21 Å². The van der Waals surface area contributed by atoms with E-state index in [9.17, 15) is 4.79 Å². The second-order valence-corrected chi connectivity index (χ2v) is 6.61. The summed E-state index contributed by atoms with van der Waals surface area (Å²) in [5, 5.41) is 4.44. The summed E-state index contributed by atoms with van der Waals surface area (Å²) in [7, 11) is 1.93. The van der Waals surface area contributed by atoms with Gasteiger partial charge in [-0.15, -0.1) is 0 Å². The van der Waals surface area contributed by atoms with Crippen LogP contribution in [0.2, 0.25) is 0 Å². The van der Waals surface area contributed by atoms with Gasteiger partial charge in [-0.2, -0.15) is 5.10 Å². The SMILES string of the molecule is Cc1nn(C)c(C)c1C(C)C(=O)N1CCN(Cc2ccco2)CC1. The number of hydrogen-bond donors (Lipinski definition) is 0. The lowest BCUT2D eigenvalue weighted by molar-refractivity contribution is -0.134. The summed E-state index contributed by atoms with van der Waals surface area (Å²) in [6.07, 6.45) is 1.70. The third-order valence-corrected chi connectivity index (χ3v) is 5.01. The minimum absolute atomic E-state index is 0.143. The third kappa shape index (κ3) is 3.24. The molecule has 0 spiro atoms. The highest BCUT2D eigenvalue weighted by molar-refractivity contribution is 5.84. The topological polar surface area (TPSA) is 54.5 Å². The van der Waals surface area contributed by atoms with Crippen molar-refractivity contribution >= 4 is 5.91 Å². The van der Waals surface area contributed by atoms with Crippen molar-refractivity contribution in [2.45, 2.75) is 33.2 Å². The van der Waals surface area contributed by atoms with Crippen molar-refractivity contribution in [1.29, 1.82) is 0 Å². The highest BCUT2D eigenvalue weighted by Gasteiger charge is 2.29. The predicted molar refractivity (Wildman–Crippen MR) is 91.7 cm³/mol. The Hall–Kier alpha value is -2.08. The zero-order valence-corrected chi connectivity index (χ0v) is 15.0. The molecule has 6 nitrogen and oxygen atoms in total. The van der Waals surface area contributed by atoms with E-state index in [1.54, 1.807) is 6.26 Å². The van der Waals surface area contributed by atoms with E-state index in [0.717, 1.165) is 55.4 Å². The normalized spacial score (nSPS) is 17.2. The smallest absolute Gasteiger partial charge is 0.230 e. The molecule has 0 N–H and O–H groups in total. The van der Waals surface area contributed by atoms with Crippen molar-refractivity contribution in [1.82, 2.24) is 19.6 Å². The molecule has 130 valence electrons. The van der Waals surface area contributed by atoms with E-state index in [1.807, 2.05) is 49.5 Å². The predicted octanol–water partition coefficient (Wildman–Crippen LogP) is 2.08. The van der Waals surface area contributed by atoms with Gasteiger partial charge < -0.3 is 9.32 Å². The molecule has 24 heavy (non-hydrogen) atoms. The van der Waals surface area contributed by atoms with E-state index in [2.05, 4.69) is 10.00 Å². The number of amides is 1. The van der Waals surface area contributed by atoms with Crippen LogP contribution < -0.4 is 0 Å². The first kappa shape index (κ1) is 16.8. The van der Waals surface area contributed by atoms with Crippen LogP contribution in [-0.4, -0.2) is 51.7 Å². The average molecular weight is 330 g/mol. The fourth-order valence-electron chi connectivity index (χ4n) is 3.56. The molecule has 1 fully saturated rings. The molecule has 3 rings (SSSR count). The number of nitrogens with zero attached hydrogens (tertiary/aromatic N) is 4. The Morgan fingerprint density at radius 1 is 1.29 bits per heavy atom. The Morgan fingerprint density at radius 3 is 2.54 bits per heavy atom. The Balaban J connectivity index is 1.60. The number of carbonyl (C=O) groups excluding carboxylic acids is 1. The van der Waals surface area contributed by atoms with E-state index in [1.165, 1.54) is 0 Å². The van der Waals surface area contributed by atoms with Crippen LogP contribution in [0, 0.1) is 13.8 Å². The number of aryl methyl sites for hydroxylation is 2. The van der Waals surface area contributed by atoms with Crippen LogP contribution in [0.4, 0.5) is 0 Å². The molecule has 1 unspecified atom stereocenters. The molecule has 0 aliphatic carbocycles. The second kappa shape index (κ2) is 6.81. The van der Waals surface area contributed by atoms with Gasteiger partial charge in [-0.1, -0.05) is 0 Å². The Kier molecular flexibility index (Phi) is 4.76. The third-order valence-electron chi connectivity index (χ3n) is 5.01. The van der Waals surface area contributed by atoms with Crippen LogP contribution in [0.3, 0.4) is 0 Å². The van der Waals surface area contributed by atoms with Crippen LogP contribution >= 0.6 is 0 Å². The number of aromatic nitrogens is 2. The van der Waals surface area contributed by atoms with Gasteiger partial charge in [-0.05, 0) is 32.9 Å². The standard InChI is InChI=1S/C18H26N4O2/c1-13(17-14(2)19-20(4)15(17)3)18(23)22-9-7-21(8-10-22)12-16-6-5-11-24-16/h5-6,11,13H,7-10,12H2,1-4H3. The first-order valence-electron chi connectivity index (χ1n) is 8.51. The molecule has 2 aromatic rings. The highest BCUT2D eigenvalue weighted by atomic mass is 16.3. The summed E-state index contributed by atoms with van der Waals surface area (Å²) < 4.78 is 7.26. The molecule has 0 radical (unpaired) electrons. The van der Waals surface area contributed by atoms with Crippen LogP contribution in [-0.2, 0) is 18.4 Å². The van der Waals surface area contributed by atoms with Gasteiger partial charge in [0, 0.05) is 44.5 Å². The van der Waals surface area contributed by atoms with Crippen LogP contribution in [0.5, 0.6) is 0 Å². The fourth-order valence-corrected chi connectivity index (χ4v) is 3.56. The molecule has 0 bridgehead atoms. The van der Waals surface area contributed by atoms with Gasteiger partial charge in [0.25, 0.3) is 0 Å². The Bertz CT molecular complexity index is 697. The Morgan fingerprint density at radius 2 is 2.00 bits per heavy atom. The molecule has 3 heterocycles. The minimum atomic E-state index is -0.143. The molecule has 6 heteroatoms. The van der Waals surface area contributed by atoms with E-state index < -0.39 is 0 Å². The zero-order chi connectivity index (χ0) is 17.3. The molecule has 0 aromatic carbocycles. The summed E-state index contributed by atoms with van der Waals surface area (Å²) in [5.74, 6) is 1.03. The molecular formula is C18H26N4O2. The maximum Gasteiger partial charge on any atom is 0.230 e. The summed E-state index contributed by atoms with van der Waals surface area (Å²) >= 11 is 0. The summed E-state index contributed by atoms with van der Waals surface area (Å²) in [6.45, 7) is 10.1. The van der Waals surface area contributed by atoms with Gasteiger partial charge in [-0.25, -0.2) is 0 Å². The lowest BCUT2D eigenvalue weighted by Crippen LogP contribution is -2.49. The number of carbonyl (C=O) groups is 1. The highest BCUT2D eigenvalue weighted by Crippen LogP contribution is 2.25. The lowest BCUT2D eigenvalue weighted by atomic mass is 9.97. The number of hydrogen-bond acceptors (Lipinski definition) is 4. The van der Waals surface area contributed by atoms with Gasteiger partial charge in [0.15, 0.2) is 0 Å². The minimum Gasteiger partial charge on any atom is -0.468 e. The van der Waals surface area contributed by atoms with E-state index in [-0.39, 0.29) is 11.8 Å². The van der Waals surface area contributed by atoms with Crippen molar-refractivity contribution in [3.8, 4) is 0 Å². The number of furan rings is 1. The van der Waals surface area contributed by atoms with Gasteiger partial charge in [0.05, 0.1) is 24.4 Å². The second-order valence-electron chi connectivity index (χ2n) is 6.61. The molecule has 1 saturated heterocycles. The first-order valence-corrected chi connectivity index (χ1v) is 8.51. The zero-order valence-electron chi connectivity index (χ0n) is 15.0. The van der Waals surface area contributed by atoms with E-state index in [0.29, 0.717) is 0 Å². The molecular weight excluding hydrogens is 304 g/mol. The van der Waals surface area contributed by atoms with Crippen LogP contribution in [0.1, 0.15) is 35.6 Å². The quantitative estimate of drug-likeness (QED) is 0.861. The molecule has 0 saturated carbocycles. The first-order chi connectivity index (χ1) is 11.5. The van der Waals surface area contributed by atoms with Gasteiger partial charge in [0.1, 0.15) is 5.76 Å². The lowest BCUT2D eigenvalue weighted by Gasteiger charge is -2.35. The monoisotopic (exact) mass is 330 g/mol. The number of piperazine rings is 1. The van der Waals surface area contributed by atoms with Gasteiger partial charge in [-0.3, -0.25) is 14.4 Å². The van der Waals surface area contributed by atoms with Gasteiger partial charge >= 0.3 is 0 Å². The average Bonchev–Trinajstić information content (AvgIpc) is 3.15. The van der Waals surface area contributed by atoms with Crippen molar-refractivity contribution in [3.05, 3.63) is 41.1 Å². The molecule has 1 atom stereocenters. The fraction of sp³-hybridized carbons (Fsp3) is 0.556. The Labute approximate surface area is 143 Å². The molecule has 1 amide bonds. The maximum absolute atomic E-state index is 12.9. The van der Waals surface area contributed by atoms with Crippen molar-refractivity contribution in [2.75, 3.05) is 26.2 Å². The molecule has 1 aliphatic rings.